The lowest BCUT2D eigenvalue weighted by atomic mass is 9.94. The molecule has 0 saturated carbocycles. The van der Waals surface area contributed by atoms with E-state index < -0.39 is 0 Å². The Kier molecular flexibility index (Phi) is 17.1. The largest absolute Gasteiger partial charge is 0.492 e. The number of ether oxygens (including phenoxy) is 2. The van der Waals surface area contributed by atoms with Gasteiger partial charge >= 0.3 is 0 Å². The molecule has 1 unspecified atom stereocenters. The first kappa shape index (κ1) is 31.5. The van der Waals surface area contributed by atoms with E-state index in [-0.39, 0.29) is 24.8 Å². The number of nitrogens with zero attached hydrogens (tertiary/aromatic N) is 2. The highest BCUT2D eigenvalue weighted by molar-refractivity contribution is 5.85. The number of halogens is 2. The standard InChI is InChI=1S/C27H42N2O2.2ClH/c1-6-28(7-2)18-20-30-26-14-10-24(11-15-26)22-23(5)25-12-16-27(17-13-25)31-21-19-29(8-3)9-4;;/h10-17,23H,6-9,18-22H2,1-5H3;2*1H. The molecule has 4 nitrogen and oxygen atoms in total. The molecule has 0 amide bonds. The minimum atomic E-state index is 0. The van der Waals surface area contributed by atoms with Crippen LogP contribution in [0.1, 0.15) is 51.7 Å². The summed E-state index contributed by atoms with van der Waals surface area (Å²) in [6.07, 6.45) is 1.02. The minimum absolute atomic E-state index is 0. The maximum absolute atomic E-state index is 5.91. The predicted octanol–water partition coefficient (Wildman–Crippen LogP) is 6.32. The molecule has 0 aromatic heterocycles. The van der Waals surface area contributed by atoms with Crippen LogP contribution in [0, 0.1) is 0 Å². The van der Waals surface area contributed by atoms with E-state index in [0.29, 0.717) is 5.92 Å². The lowest BCUT2D eigenvalue weighted by Gasteiger charge is -2.18. The fourth-order valence-electron chi connectivity index (χ4n) is 3.75. The van der Waals surface area contributed by atoms with E-state index in [1.807, 2.05) is 0 Å². The topological polar surface area (TPSA) is 24.9 Å². The molecule has 0 aliphatic carbocycles. The van der Waals surface area contributed by atoms with Crippen LogP contribution in [0.15, 0.2) is 48.5 Å². The van der Waals surface area contributed by atoms with Crippen LogP contribution in [0.3, 0.4) is 0 Å². The van der Waals surface area contributed by atoms with Crippen LogP contribution in [0.2, 0.25) is 0 Å². The van der Waals surface area contributed by atoms with E-state index in [4.69, 9.17) is 9.47 Å². The molecule has 0 N–H and O–H groups in total. The third kappa shape index (κ3) is 11.5. The molecule has 0 heterocycles. The molecule has 188 valence electrons. The van der Waals surface area contributed by atoms with Gasteiger partial charge in [-0.1, -0.05) is 58.9 Å². The number of hydrogen-bond donors (Lipinski definition) is 0. The second-order valence-corrected chi connectivity index (χ2v) is 8.07. The van der Waals surface area contributed by atoms with Crippen molar-refractivity contribution in [1.82, 2.24) is 9.80 Å². The van der Waals surface area contributed by atoms with Crippen molar-refractivity contribution in [3.05, 3.63) is 59.7 Å². The van der Waals surface area contributed by atoms with Gasteiger partial charge in [-0.15, -0.1) is 24.8 Å². The Morgan fingerprint density at radius 3 is 1.42 bits per heavy atom. The Hall–Kier alpha value is -1.46. The van der Waals surface area contributed by atoms with Crippen LogP contribution < -0.4 is 9.47 Å². The Morgan fingerprint density at radius 2 is 1.03 bits per heavy atom. The van der Waals surface area contributed by atoms with E-state index in [1.54, 1.807) is 0 Å². The average molecular weight is 500 g/mol. The van der Waals surface area contributed by atoms with Crippen molar-refractivity contribution in [1.29, 1.82) is 0 Å². The number of benzene rings is 2. The third-order valence-electron chi connectivity index (χ3n) is 6.06. The summed E-state index contributed by atoms with van der Waals surface area (Å²) in [6.45, 7) is 18.7. The van der Waals surface area contributed by atoms with Gasteiger partial charge in [-0.3, -0.25) is 0 Å². The molecule has 2 rings (SSSR count). The first-order valence-corrected chi connectivity index (χ1v) is 12.0. The van der Waals surface area contributed by atoms with E-state index in [0.717, 1.165) is 70.4 Å². The second-order valence-electron chi connectivity index (χ2n) is 8.07. The van der Waals surface area contributed by atoms with Crippen molar-refractivity contribution in [3.63, 3.8) is 0 Å². The van der Waals surface area contributed by atoms with Crippen molar-refractivity contribution in [2.45, 2.75) is 47.0 Å². The maximum atomic E-state index is 5.91. The maximum Gasteiger partial charge on any atom is 0.119 e. The Balaban J connectivity index is 0.00000512. The van der Waals surface area contributed by atoms with Crippen molar-refractivity contribution in [2.75, 3.05) is 52.5 Å². The van der Waals surface area contributed by atoms with Gasteiger partial charge < -0.3 is 19.3 Å². The van der Waals surface area contributed by atoms with E-state index in [9.17, 15) is 0 Å². The molecular formula is C27H44Cl2N2O2. The molecule has 0 aliphatic rings. The van der Waals surface area contributed by atoms with Gasteiger partial charge in [-0.25, -0.2) is 0 Å². The SMILES string of the molecule is CCN(CC)CCOc1ccc(CC(C)c2ccc(OCCN(CC)CC)cc2)cc1.Cl.Cl. The van der Waals surface area contributed by atoms with Crippen molar-refractivity contribution < 1.29 is 9.47 Å². The highest BCUT2D eigenvalue weighted by atomic mass is 35.5. The van der Waals surface area contributed by atoms with E-state index >= 15 is 0 Å². The minimum Gasteiger partial charge on any atom is -0.492 e. The normalized spacial score (nSPS) is 11.6. The van der Waals surface area contributed by atoms with Gasteiger partial charge in [0.1, 0.15) is 24.7 Å². The van der Waals surface area contributed by atoms with Crippen LogP contribution in [0.4, 0.5) is 0 Å². The van der Waals surface area contributed by atoms with E-state index in [2.05, 4.69) is 92.9 Å². The zero-order chi connectivity index (χ0) is 22.5. The summed E-state index contributed by atoms with van der Waals surface area (Å²) in [6, 6.07) is 17.2. The van der Waals surface area contributed by atoms with Gasteiger partial charge in [0.05, 0.1) is 0 Å². The quantitative estimate of drug-likeness (QED) is 0.286. The molecule has 0 bridgehead atoms. The highest BCUT2D eigenvalue weighted by Crippen LogP contribution is 2.24. The third-order valence-corrected chi connectivity index (χ3v) is 6.06. The molecule has 0 aliphatic heterocycles. The summed E-state index contributed by atoms with van der Waals surface area (Å²) in [4.78, 5) is 4.75. The summed E-state index contributed by atoms with van der Waals surface area (Å²) in [5.74, 6) is 2.36. The number of likely N-dealkylation sites (N-methyl/N-ethyl adjacent to an activating group) is 2. The van der Waals surface area contributed by atoms with Crippen LogP contribution in [0.5, 0.6) is 11.5 Å². The predicted molar refractivity (Wildman–Crippen MR) is 146 cm³/mol. The smallest absolute Gasteiger partial charge is 0.119 e. The van der Waals surface area contributed by atoms with Gasteiger partial charge in [0, 0.05) is 13.1 Å². The van der Waals surface area contributed by atoms with E-state index in [1.165, 1.54) is 11.1 Å². The van der Waals surface area contributed by atoms with Crippen LogP contribution in [0.25, 0.3) is 0 Å². The van der Waals surface area contributed by atoms with Crippen LogP contribution >= 0.6 is 24.8 Å². The molecule has 33 heavy (non-hydrogen) atoms. The second kappa shape index (κ2) is 17.9. The van der Waals surface area contributed by atoms with Crippen molar-refractivity contribution in [3.8, 4) is 11.5 Å². The van der Waals surface area contributed by atoms with Crippen LogP contribution in [-0.2, 0) is 6.42 Å². The molecule has 6 heteroatoms. The summed E-state index contributed by atoms with van der Waals surface area (Å²) in [5, 5.41) is 0. The van der Waals surface area contributed by atoms with Gasteiger partial charge in [0.15, 0.2) is 0 Å². The fourth-order valence-corrected chi connectivity index (χ4v) is 3.75. The Morgan fingerprint density at radius 1 is 0.636 bits per heavy atom. The first-order chi connectivity index (χ1) is 15.1. The number of rotatable bonds is 15. The van der Waals surface area contributed by atoms with Gasteiger partial charge in [-0.05, 0) is 73.9 Å². The van der Waals surface area contributed by atoms with Gasteiger partial charge in [-0.2, -0.15) is 0 Å². The lowest BCUT2D eigenvalue weighted by molar-refractivity contribution is 0.222. The molecule has 0 spiro atoms. The Bertz CT molecular complexity index is 718. The molecule has 2 aromatic carbocycles. The van der Waals surface area contributed by atoms with Gasteiger partial charge in [0.2, 0.25) is 0 Å². The molecular weight excluding hydrogens is 455 g/mol. The zero-order valence-corrected chi connectivity index (χ0v) is 22.7. The van der Waals surface area contributed by atoms with Crippen molar-refractivity contribution >= 4 is 24.8 Å². The molecule has 0 fully saturated rings. The molecule has 0 saturated heterocycles. The summed E-state index contributed by atoms with van der Waals surface area (Å²) >= 11 is 0. The highest BCUT2D eigenvalue weighted by Gasteiger charge is 2.08. The van der Waals surface area contributed by atoms with Crippen LogP contribution in [-0.4, -0.2) is 62.3 Å². The molecule has 2 aromatic rings. The molecule has 1 atom stereocenters. The summed E-state index contributed by atoms with van der Waals surface area (Å²) in [5.41, 5.74) is 2.68. The lowest BCUT2D eigenvalue weighted by Crippen LogP contribution is -2.27. The number of hydrogen-bond acceptors (Lipinski definition) is 4. The first-order valence-electron chi connectivity index (χ1n) is 12.0. The fraction of sp³-hybridized carbons (Fsp3) is 0.556. The van der Waals surface area contributed by atoms with Crippen molar-refractivity contribution in [2.24, 2.45) is 0 Å². The average Bonchev–Trinajstić information content (AvgIpc) is 2.81. The van der Waals surface area contributed by atoms with Gasteiger partial charge in [0.25, 0.3) is 0 Å². The monoisotopic (exact) mass is 498 g/mol. The molecule has 0 radical (unpaired) electrons. The summed E-state index contributed by atoms with van der Waals surface area (Å²) < 4.78 is 11.8. The summed E-state index contributed by atoms with van der Waals surface area (Å²) in [7, 11) is 0. The zero-order valence-electron chi connectivity index (χ0n) is 21.1. The Labute approximate surface area is 214 Å².